The molecular weight excluding hydrogens is 320 g/mol. The summed E-state index contributed by atoms with van der Waals surface area (Å²) in [5, 5.41) is 14.1. The zero-order valence-electron chi connectivity index (χ0n) is 12.4. The lowest BCUT2D eigenvalue weighted by atomic mass is 10.2. The lowest BCUT2D eigenvalue weighted by Gasteiger charge is -2.08. The Labute approximate surface area is 138 Å². The molecule has 23 heavy (non-hydrogen) atoms. The Kier molecular flexibility index (Phi) is 5.54. The molecule has 0 bridgehead atoms. The summed E-state index contributed by atoms with van der Waals surface area (Å²) in [6.45, 7) is 2.53. The van der Waals surface area contributed by atoms with Crippen LogP contribution in [-0.4, -0.2) is 17.4 Å². The molecule has 0 heterocycles. The minimum absolute atomic E-state index is 0.0607. The zero-order valence-corrected chi connectivity index (χ0v) is 13.2. The van der Waals surface area contributed by atoms with Gasteiger partial charge >= 0.3 is 5.69 Å². The van der Waals surface area contributed by atoms with Gasteiger partial charge in [-0.25, -0.2) is 0 Å². The summed E-state index contributed by atoms with van der Waals surface area (Å²) < 4.78 is 5.54. The predicted octanol–water partition coefficient (Wildman–Crippen LogP) is 4.18. The van der Waals surface area contributed by atoms with Crippen LogP contribution in [0.5, 0.6) is 11.5 Å². The molecule has 0 fully saturated rings. The molecule has 0 aliphatic rings. The van der Waals surface area contributed by atoms with Crippen molar-refractivity contribution in [2.75, 3.05) is 6.54 Å². The molecule has 120 valence electrons. The number of nitro benzene ring substituents is 1. The average Bonchev–Trinajstić information content (AvgIpc) is 2.54. The summed E-state index contributed by atoms with van der Waals surface area (Å²) in [6.07, 6.45) is 0.832. The Morgan fingerprint density at radius 3 is 2.78 bits per heavy atom. The first-order chi connectivity index (χ1) is 11.0. The number of carbonyl (C=O) groups excluding carboxylic acids is 1. The van der Waals surface area contributed by atoms with Gasteiger partial charge in [0.05, 0.1) is 4.92 Å². The summed E-state index contributed by atoms with van der Waals surface area (Å²) in [4.78, 5) is 22.4. The Bertz CT molecular complexity index is 734. The van der Waals surface area contributed by atoms with Crippen LogP contribution < -0.4 is 10.1 Å². The van der Waals surface area contributed by atoms with Gasteiger partial charge in [-0.1, -0.05) is 24.6 Å². The SMILES string of the molecule is CCCNC(=O)c1cccc(Oc2ccc(Cl)cc2[N+](=O)[O-])c1. The predicted molar refractivity (Wildman–Crippen MR) is 87.2 cm³/mol. The van der Waals surface area contributed by atoms with E-state index in [2.05, 4.69) is 5.32 Å². The van der Waals surface area contributed by atoms with Crippen molar-refractivity contribution in [2.45, 2.75) is 13.3 Å². The second kappa shape index (κ2) is 7.60. The number of halogens is 1. The Balaban J connectivity index is 2.24. The summed E-state index contributed by atoms with van der Waals surface area (Å²) in [5.74, 6) is 0.174. The molecule has 0 spiro atoms. The Morgan fingerprint density at radius 1 is 1.30 bits per heavy atom. The van der Waals surface area contributed by atoms with Crippen LogP contribution in [0.15, 0.2) is 42.5 Å². The molecule has 0 saturated carbocycles. The standard InChI is InChI=1S/C16H15ClN2O4/c1-2-8-18-16(20)11-4-3-5-13(9-11)23-15-7-6-12(17)10-14(15)19(21)22/h3-7,9-10H,2,8H2,1H3,(H,18,20). The molecule has 1 N–H and O–H groups in total. The van der Waals surface area contributed by atoms with Gasteiger partial charge in [0.2, 0.25) is 5.75 Å². The van der Waals surface area contributed by atoms with Gasteiger partial charge in [-0.05, 0) is 36.8 Å². The van der Waals surface area contributed by atoms with Crippen LogP contribution >= 0.6 is 11.6 Å². The molecule has 0 aliphatic heterocycles. The molecular formula is C16H15ClN2O4. The number of nitrogens with zero attached hydrogens (tertiary/aromatic N) is 1. The van der Waals surface area contributed by atoms with Gasteiger partial charge < -0.3 is 10.1 Å². The second-order valence-electron chi connectivity index (χ2n) is 4.75. The van der Waals surface area contributed by atoms with Crippen molar-refractivity contribution in [3.8, 4) is 11.5 Å². The van der Waals surface area contributed by atoms with Crippen LogP contribution in [-0.2, 0) is 0 Å². The molecule has 2 aromatic carbocycles. The van der Waals surface area contributed by atoms with Gasteiger partial charge in [0.15, 0.2) is 0 Å². The Hall–Kier alpha value is -2.60. The second-order valence-corrected chi connectivity index (χ2v) is 5.19. The zero-order chi connectivity index (χ0) is 16.8. The molecule has 0 unspecified atom stereocenters. The van der Waals surface area contributed by atoms with Gasteiger partial charge in [0, 0.05) is 23.2 Å². The fourth-order valence-electron chi connectivity index (χ4n) is 1.89. The Morgan fingerprint density at radius 2 is 2.09 bits per heavy atom. The summed E-state index contributed by atoms with van der Waals surface area (Å²) in [7, 11) is 0. The molecule has 2 aromatic rings. The van der Waals surface area contributed by atoms with Crippen molar-refractivity contribution < 1.29 is 14.5 Å². The third kappa shape index (κ3) is 4.43. The fraction of sp³-hybridized carbons (Fsp3) is 0.188. The summed E-state index contributed by atoms with van der Waals surface area (Å²) >= 11 is 5.77. The van der Waals surface area contributed by atoms with Gasteiger partial charge in [-0.2, -0.15) is 0 Å². The normalized spacial score (nSPS) is 10.2. The van der Waals surface area contributed by atoms with Crippen molar-refractivity contribution in [3.05, 3.63) is 63.2 Å². The van der Waals surface area contributed by atoms with Gasteiger partial charge in [0.25, 0.3) is 5.91 Å². The third-order valence-electron chi connectivity index (χ3n) is 2.98. The van der Waals surface area contributed by atoms with Gasteiger partial charge in [0.1, 0.15) is 5.75 Å². The largest absolute Gasteiger partial charge is 0.450 e. The molecule has 7 heteroatoms. The maximum atomic E-state index is 11.9. The minimum atomic E-state index is -0.570. The van der Waals surface area contributed by atoms with E-state index in [0.717, 1.165) is 6.42 Å². The van der Waals surface area contributed by atoms with Crippen LogP contribution in [0, 0.1) is 10.1 Å². The van der Waals surface area contributed by atoms with Crippen molar-refractivity contribution in [1.29, 1.82) is 0 Å². The summed E-state index contributed by atoms with van der Waals surface area (Å²) in [5.41, 5.74) is 0.186. The highest BCUT2D eigenvalue weighted by molar-refractivity contribution is 6.30. The number of rotatable bonds is 6. The molecule has 0 aromatic heterocycles. The maximum absolute atomic E-state index is 11.9. The van der Waals surface area contributed by atoms with E-state index < -0.39 is 4.92 Å². The quantitative estimate of drug-likeness (QED) is 0.634. The number of carbonyl (C=O) groups is 1. The monoisotopic (exact) mass is 334 g/mol. The maximum Gasteiger partial charge on any atom is 0.313 e. The first-order valence-electron chi connectivity index (χ1n) is 7.01. The number of nitro groups is 1. The van der Waals surface area contributed by atoms with Gasteiger partial charge in [-0.15, -0.1) is 0 Å². The van der Waals surface area contributed by atoms with E-state index in [1.165, 1.54) is 24.3 Å². The molecule has 0 atom stereocenters. The van der Waals surface area contributed by atoms with Crippen LogP contribution in [0.3, 0.4) is 0 Å². The fourth-order valence-corrected chi connectivity index (χ4v) is 2.05. The summed E-state index contributed by atoms with van der Waals surface area (Å²) in [6, 6.07) is 10.6. The highest BCUT2D eigenvalue weighted by atomic mass is 35.5. The third-order valence-corrected chi connectivity index (χ3v) is 3.21. The van der Waals surface area contributed by atoms with Crippen molar-refractivity contribution in [3.63, 3.8) is 0 Å². The van der Waals surface area contributed by atoms with Crippen molar-refractivity contribution in [1.82, 2.24) is 5.32 Å². The lowest BCUT2D eigenvalue weighted by Crippen LogP contribution is -2.23. The molecule has 6 nitrogen and oxygen atoms in total. The van der Waals surface area contributed by atoms with E-state index in [1.54, 1.807) is 18.2 Å². The molecule has 0 saturated heterocycles. The first-order valence-corrected chi connectivity index (χ1v) is 7.39. The highest BCUT2D eigenvalue weighted by Crippen LogP contribution is 2.33. The van der Waals surface area contributed by atoms with E-state index >= 15 is 0 Å². The topological polar surface area (TPSA) is 81.5 Å². The van der Waals surface area contributed by atoms with Crippen LogP contribution in [0.4, 0.5) is 5.69 Å². The van der Waals surface area contributed by atoms with Crippen LogP contribution in [0.2, 0.25) is 5.02 Å². The molecule has 1 amide bonds. The molecule has 0 radical (unpaired) electrons. The number of benzene rings is 2. The minimum Gasteiger partial charge on any atom is -0.450 e. The average molecular weight is 335 g/mol. The number of nitrogens with one attached hydrogen (secondary N) is 1. The smallest absolute Gasteiger partial charge is 0.313 e. The van der Waals surface area contributed by atoms with Crippen LogP contribution in [0.25, 0.3) is 0 Å². The number of ether oxygens (including phenoxy) is 1. The van der Waals surface area contributed by atoms with Gasteiger partial charge in [-0.3, -0.25) is 14.9 Å². The number of hydrogen-bond acceptors (Lipinski definition) is 4. The molecule has 0 aliphatic carbocycles. The van der Waals surface area contributed by atoms with Crippen molar-refractivity contribution >= 4 is 23.2 Å². The first kappa shape index (κ1) is 16.8. The van der Waals surface area contributed by atoms with E-state index in [1.807, 2.05) is 6.92 Å². The molecule has 2 rings (SSSR count). The number of amides is 1. The van der Waals surface area contributed by atoms with E-state index in [-0.39, 0.29) is 22.4 Å². The number of hydrogen-bond donors (Lipinski definition) is 1. The highest BCUT2D eigenvalue weighted by Gasteiger charge is 2.17. The van der Waals surface area contributed by atoms with Crippen LogP contribution in [0.1, 0.15) is 23.7 Å². The van der Waals surface area contributed by atoms with E-state index in [0.29, 0.717) is 17.9 Å². The lowest BCUT2D eigenvalue weighted by molar-refractivity contribution is -0.385. The van der Waals surface area contributed by atoms with Crippen molar-refractivity contribution in [2.24, 2.45) is 0 Å². The van der Waals surface area contributed by atoms with E-state index in [9.17, 15) is 14.9 Å². The van der Waals surface area contributed by atoms with E-state index in [4.69, 9.17) is 16.3 Å².